The lowest BCUT2D eigenvalue weighted by molar-refractivity contribution is -0.128. The second-order valence-electron chi connectivity index (χ2n) is 6.36. The van der Waals surface area contributed by atoms with Gasteiger partial charge < -0.3 is 14.8 Å². The molecule has 4 heteroatoms. The van der Waals surface area contributed by atoms with Crippen LogP contribution in [-0.2, 0) is 11.3 Å². The third-order valence-electron chi connectivity index (χ3n) is 3.72. The van der Waals surface area contributed by atoms with E-state index in [2.05, 4.69) is 5.32 Å². The average molecular weight is 341 g/mol. The lowest BCUT2D eigenvalue weighted by atomic mass is 10.2. The van der Waals surface area contributed by atoms with Crippen molar-refractivity contribution in [2.45, 2.75) is 52.9 Å². The van der Waals surface area contributed by atoms with Crippen LogP contribution in [-0.4, -0.2) is 18.1 Å². The molecule has 2 aromatic carbocycles. The van der Waals surface area contributed by atoms with Gasteiger partial charge in [-0.1, -0.05) is 36.8 Å². The lowest BCUT2D eigenvalue weighted by Gasteiger charge is -2.17. The average Bonchev–Trinajstić information content (AvgIpc) is 2.60. The molecule has 0 fully saturated rings. The maximum atomic E-state index is 12.4. The number of amides is 1. The smallest absolute Gasteiger partial charge is 0.261 e. The molecule has 0 saturated heterocycles. The number of hydrogen-bond acceptors (Lipinski definition) is 3. The Hall–Kier alpha value is -2.49. The summed E-state index contributed by atoms with van der Waals surface area (Å²) in [5, 5.41) is 2.94. The molecule has 2 rings (SSSR count). The molecule has 0 bridgehead atoms. The van der Waals surface area contributed by atoms with Gasteiger partial charge in [0.15, 0.2) is 6.10 Å². The molecule has 0 saturated carbocycles. The van der Waals surface area contributed by atoms with Crippen LogP contribution in [0.5, 0.6) is 11.5 Å². The van der Waals surface area contributed by atoms with E-state index in [4.69, 9.17) is 9.47 Å². The number of benzene rings is 2. The molecule has 1 N–H and O–H groups in total. The zero-order chi connectivity index (χ0) is 18.2. The first-order valence-corrected chi connectivity index (χ1v) is 8.74. The molecule has 1 atom stereocenters. The number of hydrogen-bond donors (Lipinski definition) is 1. The number of aryl methyl sites for hydroxylation is 1. The molecule has 0 aromatic heterocycles. The van der Waals surface area contributed by atoms with Gasteiger partial charge in [-0.25, -0.2) is 0 Å². The zero-order valence-electron chi connectivity index (χ0n) is 15.4. The molecule has 0 heterocycles. The van der Waals surface area contributed by atoms with Gasteiger partial charge in [0.05, 0.1) is 6.10 Å². The standard InChI is InChI=1S/C21H27NO3/c1-5-20(25-19-10-6-16(4)7-11-19)21(23)22-14-17-8-12-18(13-9-17)24-15(2)3/h6-13,15,20H,5,14H2,1-4H3,(H,22,23)/t20-/m1/s1. The quantitative estimate of drug-likeness (QED) is 0.780. The zero-order valence-corrected chi connectivity index (χ0v) is 15.4. The highest BCUT2D eigenvalue weighted by atomic mass is 16.5. The summed E-state index contributed by atoms with van der Waals surface area (Å²) < 4.78 is 11.4. The molecule has 0 radical (unpaired) electrons. The van der Waals surface area contributed by atoms with Gasteiger partial charge >= 0.3 is 0 Å². The van der Waals surface area contributed by atoms with E-state index in [1.807, 2.05) is 76.2 Å². The maximum absolute atomic E-state index is 12.4. The summed E-state index contributed by atoms with van der Waals surface area (Å²) in [6.45, 7) is 8.41. The van der Waals surface area contributed by atoms with E-state index in [1.54, 1.807) is 0 Å². The normalized spacial score (nSPS) is 11.9. The number of rotatable bonds is 8. The van der Waals surface area contributed by atoms with Crippen molar-refractivity contribution < 1.29 is 14.3 Å². The van der Waals surface area contributed by atoms with E-state index >= 15 is 0 Å². The Bertz CT molecular complexity index is 663. The second-order valence-corrected chi connectivity index (χ2v) is 6.36. The third-order valence-corrected chi connectivity index (χ3v) is 3.72. The third kappa shape index (κ3) is 6.14. The minimum absolute atomic E-state index is 0.106. The molecule has 0 aliphatic rings. The highest BCUT2D eigenvalue weighted by Gasteiger charge is 2.18. The summed E-state index contributed by atoms with van der Waals surface area (Å²) in [6.07, 6.45) is 0.266. The van der Waals surface area contributed by atoms with Crippen molar-refractivity contribution in [3.8, 4) is 11.5 Å². The Morgan fingerprint density at radius 2 is 1.52 bits per heavy atom. The van der Waals surface area contributed by atoms with Crippen LogP contribution < -0.4 is 14.8 Å². The van der Waals surface area contributed by atoms with Gasteiger partial charge in [-0.05, 0) is 57.0 Å². The van der Waals surface area contributed by atoms with E-state index < -0.39 is 6.10 Å². The summed E-state index contributed by atoms with van der Waals surface area (Å²) >= 11 is 0. The van der Waals surface area contributed by atoms with Gasteiger partial charge in [0, 0.05) is 6.54 Å². The first kappa shape index (κ1) is 18.8. The molecular formula is C21H27NO3. The Morgan fingerprint density at radius 3 is 2.08 bits per heavy atom. The van der Waals surface area contributed by atoms with Crippen LogP contribution in [0.1, 0.15) is 38.3 Å². The first-order chi connectivity index (χ1) is 12.0. The van der Waals surface area contributed by atoms with Crippen molar-refractivity contribution in [2.75, 3.05) is 0 Å². The Morgan fingerprint density at radius 1 is 0.960 bits per heavy atom. The Kier molecular flexibility index (Phi) is 6.87. The van der Waals surface area contributed by atoms with Crippen molar-refractivity contribution in [3.63, 3.8) is 0 Å². The SMILES string of the molecule is CC[C@@H](Oc1ccc(C)cc1)C(=O)NCc1ccc(OC(C)C)cc1. The fraction of sp³-hybridized carbons (Fsp3) is 0.381. The second kappa shape index (κ2) is 9.11. The van der Waals surface area contributed by atoms with E-state index in [0.29, 0.717) is 18.7 Å². The van der Waals surface area contributed by atoms with E-state index in [0.717, 1.165) is 16.9 Å². The number of carbonyl (C=O) groups is 1. The minimum atomic E-state index is -0.494. The summed E-state index contributed by atoms with van der Waals surface area (Å²) in [4.78, 5) is 12.4. The highest BCUT2D eigenvalue weighted by molar-refractivity contribution is 5.81. The van der Waals surface area contributed by atoms with Gasteiger partial charge in [-0.2, -0.15) is 0 Å². The molecular weight excluding hydrogens is 314 g/mol. The summed E-state index contributed by atoms with van der Waals surface area (Å²) in [7, 11) is 0. The van der Waals surface area contributed by atoms with Crippen LogP contribution >= 0.6 is 0 Å². The summed E-state index contributed by atoms with van der Waals surface area (Å²) in [5.74, 6) is 1.44. The lowest BCUT2D eigenvalue weighted by Crippen LogP contribution is -2.37. The summed E-state index contributed by atoms with van der Waals surface area (Å²) in [6, 6.07) is 15.5. The molecule has 2 aromatic rings. The van der Waals surface area contributed by atoms with Gasteiger partial charge in [-0.3, -0.25) is 4.79 Å². The van der Waals surface area contributed by atoms with Crippen molar-refractivity contribution in [2.24, 2.45) is 0 Å². The fourth-order valence-electron chi connectivity index (χ4n) is 2.36. The first-order valence-electron chi connectivity index (χ1n) is 8.74. The molecule has 1 amide bonds. The Labute approximate surface area is 150 Å². The van der Waals surface area contributed by atoms with Crippen molar-refractivity contribution in [1.82, 2.24) is 5.32 Å². The van der Waals surface area contributed by atoms with Crippen molar-refractivity contribution in [3.05, 3.63) is 59.7 Å². The number of ether oxygens (including phenoxy) is 2. The topological polar surface area (TPSA) is 47.6 Å². The van der Waals surface area contributed by atoms with Crippen LogP contribution in [0.3, 0.4) is 0 Å². The van der Waals surface area contributed by atoms with E-state index in [-0.39, 0.29) is 12.0 Å². The number of carbonyl (C=O) groups excluding carboxylic acids is 1. The Balaban J connectivity index is 1.87. The van der Waals surface area contributed by atoms with Crippen LogP contribution in [0, 0.1) is 6.92 Å². The van der Waals surface area contributed by atoms with Crippen molar-refractivity contribution in [1.29, 1.82) is 0 Å². The van der Waals surface area contributed by atoms with Crippen LogP contribution in [0.2, 0.25) is 0 Å². The number of nitrogens with one attached hydrogen (secondary N) is 1. The largest absolute Gasteiger partial charge is 0.491 e. The van der Waals surface area contributed by atoms with Crippen molar-refractivity contribution >= 4 is 5.91 Å². The molecule has 25 heavy (non-hydrogen) atoms. The molecule has 0 unspecified atom stereocenters. The summed E-state index contributed by atoms with van der Waals surface area (Å²) in [5.41, 5.74) is 2.18. The molecule has 0 aliphatic heterocycles. The highest BCUT2D eigenvalue weighted by Crippen LogP contribution is 2.16. The maximum Gasteiger partial charge on any atom is 0.261 e. The minimum Gasteiger partial charge on any atom is -0.491 e. The fourth-order valence-corrected chi connectivity index (χ4v) is 2.36. The van der Waals surface area contributed by atoms with Gasteiger partial charge in [0.1, 0.15) is 11.5 Å². The van der Waals surface area contributed by atoms with Gasteiger partial charge in [0.2, 0.25) is 0 Å². The van der Waals surface area contributed by atoms with E-state index in [9.17, 15) is 4.79 Å². The van der Waals surface area contributed by atoms with Crippen LogP contribution in [0.25, 0.3) is 0 Å². The monoisotopic (exact) mass is 341 g/mol. The van der Waals surface area contributed by atoms with Crippen LogP contribution in [0.15, 0.2) is 48.5 Å². The van der Waals surface area contributed by atoms with Gasteiger partial charge in [0.25, 0.3) is 5.91 Å². The predicted molar refractivity (Wildman–Crippen MR) is 99.9 cm³/mol. The van der Waals surface area contributed by atoms with Gasteiger partial charge in [-0.15, -0.1) is 0 Å². The predicted octanol–water partition coefficient (Wildman–Crippen LogP) is 4.26. The van der Waals surface area contributed by atoms with Crippen LogP contribution in [0.4, 0.5) is 0 Å². The molecule has 0 spiro atoms. The molecule has 134 valence electrons. The molecule has 4 nitrogen and oxygen atoms in total. The molecule has 0 aliphatic carbocycles. The van der Waals surface area contributed by atoms with E-state index in [1.165, 1.54) is 0 Å².